The van der Waals surface area contributed by atoms with Crippen molar-refractivity contribution >= 4 is 27.1 Å². The Hall–Kier alpha value is -2.80. The van der Waals surface area contributed by atoms with Crippen molar-refractivity contribution in [1.82, 2.24) is 5.16 Å². The Morgan fingerprint density at radius 2 is 1.46 bits per heavy atom. The highest BCUT2D eigenvalue weighted by molar-refractivity contribution is 7.92. The molecule has 0 fully saturated rings. The molecule has 7 heteroatoms. The summed E-state index contributed by atoms with van der Waals surface area (Å²) in [6.07, 6.45) is 0. The molecule has 136 valence electrons. The Balaban J connectivity index is 1.80. The molecule has 0 atom stereocenters. The topological polar surface area (TPSA) is 84.2 Å². The predicted molar refractivity (Wildman–Crippen MR) is 102 cm³/mol. The maximum absolute atomic E-state index is 12.5. The lowest BCUT2D eigenvalue weighted by Crippen LogP contribution is -2.14. The van der Waals surface area contributed by atoms with E-state index in [4.69, 9.17) is 4.52 Å². The van der Waals surface area contributed by atoms with Gasteiger partial charge in [0, 0.05) is 17.1 Å². The summed E-state index contributed by atoms with van der Waals surface area (Å²) in [5, 5.41) is 7.07. The van der Waals surface area contributed by atoms with Crippen LogP contribution in [0.1, 0.15) is 22.6 Å². The van der Waals surface area contributed by atoms with Gasteiger partial charge in [0.05, 0.1) is 0 Å². The van der Waals surface area contributed by atoms with Crippen LogP contribution in [0.4, 0.5) is 17.1 Å². The number of hydrogen-bond donors (Lipinski definition) is 2. The van der Waals surface area contributed by atoms with Crippen LogP contribution in [-0.2, 0) is 10.0 Å². The van der Waals surface area contributed by atoms with Crippen LogP contribution < -0.4 is 10.0 Å². The van der Waals surface area contributed by atoms with Crippen molar-refractivity contribution in [2.45, 2.75) is 32.6 Å². The van der Waals surface area contributed by atoms with Crippen molar-refractivity contribution < 1.29 is 12.9 Å². The van der Waals surface area contributed by atoms with Gasteiger partial charge in [-0.2, -0.15) is 0 Å². The number of rotatable bonds is 5. The zero-order valence-electron chi connectivity index (χ0n) is 15.1. The Labute approximate surface area is 153 Å². The van der Waals surface area contributed by atoms with Crippen LogP contribution in [0.25, 0.3) is 0 Å². The number of sulfonamides is 1. The molecule has 0 saturated carbocycles. The van der Waals surface area contributed by atoms with Gasteiger partial charge >= 0.3 is 0 Å². The van der Waals surface area contributed by atoms with E-state index in [0.717, 1.165) is 22.5 Å². The SMILES string of the molecule is Cc1cccc(C)c1Nc1ccc(NS(=O)(=O)c2c(C)noc2C)cc1. The maximum Gasteiger partial charge on any atom is 0.267 e. The lowest BCUT2D eigenvalue weighted by atomic mass is 10.1. The van der Waals surface area contributed by atoms with E-state index in [1.54, 1.807) is 26.0 Å². The summed E-state index contributed by atoms with van der Waals surface area (Å²) in [6.45, 7) is 7.26. The lowest BCUT2D eigenvalue weighted by Gasteiger charge is -2.13. The summed E-state index contributed by atoms with van der Waals surface area (Å²) < 4.78 is 32.6. The third kappa shape index (κ3) is 3.57. The first kappa shape index (κ1) is 18.0. The van der Waals surface area contributed by atoms with Gasteiger partial charge in [-0.25, -0.2) is 8.42 Å². The molecule has 1 aromatic heterocycles. The number of benzene rings is 2. The summed E-state index contributed by atoms with van der Waals surface area (Å²) >= 11 is 0. The quantitative estimate of drug-likeness (QED) is 0.692. The van der Waals surface area contributed by atoms with Gasteiger partial charge in [0.1, 0.15) is 5.69 Å². The summed E-state index contributed by atoms with van der Waals surface area (Å²) in [5.41, 5.74) is 5.03. The minimum absolute atomic E-state index is 0.0789. The molecule has 6 nitrogen and oxygen atoms in total. The van der Waals surface area contributed by atoms with Crippen LogP contribution in [0.15, 0.2) is 51.9 Å². The molecule has 0 aliphatic carbocycles. The van der Waals surface area contributed by atoms with Crippen molar-refractivity contribution in [1.29, 1.82) is 0 Å². The second-order valence-electron chi connectivity index (χ2n) is 6.23. The van der Waals surface area contributed by atoms with Gasteiger partial charge in [0.25, 0.3) is 10.0 Å². The Morgan fingerprint density at radius 1 is 0.885 bits per heavy atom. The van der Waals surface area contributed by atoms with Crippen molar-refractivity contribution in [3.63, 3.8) is 0 Å². The van der Waals surface area contributed by atoms with E-state index < -0.39 is 10.0 Å². The second-order valence-corrected chi connectivity index (χ2v) is 7.85. The summed E-state index contributed by atoms with van der Waals surface area (Å²) in [5.74, 6) is 0.267. The van der Waals surface area contributed by atoms with Crippen molar-refractivity contribution in [2.24, 2.45) is 0 Å². The lowest BCUT2D eigenvalue weighted by molar-refractivity contribution is 0.390. The molecule has 0 aliphatic rings. The molecule has 0 unspecified atom stereocenters. The highest BCUT2D eigenvalue weighted by atomic mass is 32.2. The molecule has 0 amide bonds. The predicted octanol–water partition coefficient (Wildman–Crippen LogP) is 4.45. The number of aromatic nitrogens is 1. The first-order chi connectivity index (χ1) is 12.3. The van der Waals surface area contributed by atoms with E-state index >= 15 is 0 Å². The van der Waals surface area contributed by atoms with Gasteiger partial charge in [-0.1, -0.05) is 23.4 Å². The summed E-state index contributed by atoms with van der Waals surface area (Å²) in [7, 11) is -3.74. The molecule has 0 aliphatic heterocycles. The fraction of sp³-hybridized carbons (Fsp3) is 0.211. The van der Waals surface area contributed by atoms with Crippen LogP contribution in [0.2, 0.25) is 0 Å². The van der Waals surface area contributed by atoms with Gasteiger partial charge in [0.15, 0.2) is 10.7 Å². The van der Waals surface area contributed by atoms with Crippen molar-refractivity contribution in [3.8, 4) is 0 Å². The molecular weight excluding hydrogens is 350 g/mol. The average molecular weight is 371 g/mol. The van der Waals surface area contributed by atoms with Gasteiger partial charge in [-0.15, -0.1) is 0 Å². The van der Waals surface area contributed by atoms with Crippen LogP contribution in [0.3, 0.4) is 0 Å². The van der Waals surface area contributed by atoms with Crippen LogP contribution >= 0.6 is 0 Å². The first-order valence-corrected chi connectivity index (χ1v) is 9.65. The largest absolute Gasteiger partial charge is 0.360 e. The van der Waals surface area contributed by atoms with Gasteiger partial charge in [0.2, 0.25) is 0 Å². The number of nitrogens with zero attached hydrogens (tertiary/aromatic N) is 1. The highest BCUT2D eigenvalue weighted by Crippen LogP contribution is 2.26. The molecule has 0 spiro atoms. The molecule has 2 aromatic carbocycles. The molecule has 0 saturated heterocycles. The number of anilines is 3. The highest BCUT2D eigenvalue weighted by Gasteiger charge is 2.24. The number of hydrogen-bond acceptors (Lipinski definition) is 5. The fourth-order valence-corrected chi connectivity index (χ4v) is 4.23. The molecule has 1 heterocycles. The molecule has 3 aromatic rings. The normalized spacial score (nSPS) is 11.4. The van der Waals surface area contributed by atoms with Crippen LogP contribution in [0.5, 0.6) is 0 Å². The van der Waals surface area contributed by atoms with Crippen molar-refractivity contribution in [2.75, 3.05) is 10.0 Å². The molecular formula is C19H21N3O3S. The van der Waals surface area contributed by atoms with E-state index in [1.807, 2.05) is 44.2 Å². The molecule has 2 N–H and O–H groups in total. The maximum atomic E-state index is 12.5. The van der Waals surface area contributed by atoms with Crippen LogP contribution in [-0.4, -0.2) is 13.6 Å². The van der Waals surface area contributed by atoms with Gasteiger partial charge < -0.3 is 9.84 Å². The third-order valence-corrected chi connectivity index (χ3v) is 5.75. The standard InChI is InChI=1S/C19H21N3O3S/c1-12-6-5-7-13(2)18(12)20-16-8-10-17(11-9-16)22-26(23,24)19-14(3)21-25-15(19)4/h5-11,20,22H,1-4H3. The van der Waals surface area contributed by atoms with E-state index in [1.165, 1.54) is 0 Å². The molecule has 26 heavy (non-hydrogen) atoms. The molecule has 3 rings (SSSR count). The smallest absolute Gasteiger partial charge is 0.267 e. The average Bonchev–Trinajstić information content (AvgIpc) is 2.92. The van der Waals surface area contributed by atoms with Crippen molar-refractivity contribution in [3.05, 3.63) is 65.0 Å². The number of aryl methyl sites for hydroxylation is 4. The zero-order chi connectivity index (χ0) is 18.9. The van der Waals surface area contributed by atoms with E-state index in [2.05, 4.69) is 15.2 Å². The van der Waals surface area contributed by atoms with Gasteiger partial charge in [-0.3, -0.25) is 4.72 Å². The summed E-state index contributed by atoms with van der Waals surface area (Å²) in [6, 6.07) is 13.2. The van der Waals surface area contributed by atoms with Gasteiger partial charge in [-0.05, 0) is 63.1 Å². The van der Waals surface area contributed by atoms with E-state index in [0.29, 0.717) is 11.4 Å². The third-order valence-electron chi connectivity index (χ3n) is 4.12. The Kier molecular flexibility index (Phi) is 4.73. The Bertz CT molecular complexity index is 999. The zero-order valence-corrected chi connectivity index (χ0v) is 15.9. The monoisotopic (exact) mass is 371 g/mol. The van der Waals surface area contributed by atoms with E-state index in [-0.39, 0.29) is 10.7 Å². The van der Waals surface area contributed by atoms with Crippen LogP contribution in [0, 0.1) is 27.7 Å². The first-order valence-electron chi connectivity index (χ1n) is 8.17. The summed E-state index contributed by atoms with van der Waals surface area (Å²) in [4.78, 5) is 0.0789. The minimum atomic E-state index is -3.74. The molecule has 0 radical (unpaired) electrons. The second kappa shape index (κ2) is 6.84. The minimum Gasteiger partial charge on any atom is -0.360 e. The fourth-order valence-electron chi connectivity index (χ4n) is 2.84. The number of nitrogens with one attached hydrogen (secondary N) is 2. The number of para-hydroxylation sites is 1. The Morgan fingerprint density at radius 3 is 2.00 bits per heavy atom. The van der Waals surface area contributed by atoms with E-state index in [9.17, 15) is 8.42 Å². The molecule has 0 bridgehead atoms.